The van der Waals surface area contributed by atoms with E-state index in [4.69, 9.17) is 0 Å². The van der Waals surface area contributed by atoms with Crippen molar-refractivity contribution in [2.75, 3.05) is 0 Å². The van der Waals surface area contributed by atoms with Gasteiger partial charge in [-0.05, 0) is 0 Å². The van der Waals surface area contributed by atoms with Crippen molar-refractivity contribution in [2.45, 2.75) is 31.0 Å². The van der Waals surface area contributed by atoms with Crippen molar-refractivity contribution in [3.05, 3.63) is 42.0 Å². The van der Waals surface area contributed by atoms with Crippen LogP contribution in [0.3, 0.4) is 0 Å². The van der Waals surface area contributed by atoms with E-state index in [1.807, 2.05) is 0 Å². The summed E-state index contributed by atoms with van der Waals surface area (Å²) in [5, 5.41) is 0. The molecule has 1 aliphatic carbocycles. The van der Waals surface area contributed by atoms with E-state index in [0.717, 1.165) is 4.82 Å². The summed E-state index contributed by atoms with van der Waals surface area (Å²) in [4.78, 5) is 0.846. The van der Waals surface area contributed by atoms with Crippen LogP contribution in [0.25, 0.3) is 0 Å². The van der Waals surface area contributed by atoms with E-state index >= 15 is 0 Å². The molecule has 1 atom stereocenters. The van der Waals surface area contributed by atoms with Crippen LogP contribution in [0.4, 0.5) is 0 Å². The normalized spacial score (nSPS) is 21.1. The number of hydrogen-bond acceptors (Lipinski definition) is 0. The molecule has 0 amide bonds. The van der Waals surface area contributed by atoms with Gasteiger partial charge in [0.15, 0.2) is 0 Å². The Morgan fingerprint density at radius 2 is 2.00 bits per heavy atom. The summed E-state index contributed by atoms with van der Waals surface area (Å²) < 4.78 is 1.54. The van der Waals surface area contributed by atoms with Crippen LogP contribution in [0.15, 0.2) is 36.4 Å². The van der Waals surface area contributed by atoms with Crippen LogP contribution in [0.5, 0.6) is 0 Å². The molecule has 1 aliphatic rings. The third kappa shape index (κ3) is 2.73. The van der Waals surface area contributed by atoms with Gasteiger partial charge in [-0.15, -0.1) is 0 Å². The molecule has 0 N–H and O–H groups in total. The summed E-state index contributed by atoms with van der Waals surface area (Å²) in [5.74, 6) is 0. The second-order valence-electron chi connectivity index (χ2n) is 3.83. The monoisotopic (exact) mass is 252 g/mol. The molecule has 0 radical (unpaired) electrons. The average molecular weight is 251 g/mol. The van der Waals surface area contributed by atoms with Crippen LogP contribution in [-0.2, 0) is 0 Å². The summed E-state index contributed by atoms with van der Waals surface area (Å²) in [6.07, 6.45) is 8.84. The molecule has 0 saturated carbocycles. The molecule has 0 bridgehead atoms. The van der Waals surface area contributed by atoms with Crippen molar-refractivity contribution in [3.63, 3.8) is 0 Å². The molecular formula is C13H16Se. The standard InChI is InChI=1S/C13H16Se/c1-11-7-9-13(10-8-11)14-12-5-3-2-4-6-12/h3,5,7-10,12H,2,4,6H2,1H3. The van der Waals surface area contributed by atoms with Gasteiger partial charge in [-0.2, -0.15) is 0 Å². The van der Waals surface area contributed by atoms with Crippen LogP contribution in [0.1, 0.15) is 24.8 Å². The van der Waals surface area contributed by atoms with E-state index in [0.29, 0.717) is 15.0 Å². The number of benzene rings is 1. The van der Waals surface area contributed by atoms with Gasteiger partial charge in [0.2, 0.25) is 0 Å². The average Bonchev–Trinajstić information content (AvgIpc) is 2.23. The zero-order chi connectivity index (χ0) is 9.80. The number of rotatable bonds is 2. The van der Waals surface area contributed by atoms with Gasteiger partial charge in [0.1, 0.15) is 0 Å². The fourth-order valence-corrected chi connectivity index (χ4v) is 4.01. The van der Waals surface area contributed by atoms with Gasteiger partial charge in [-0.3, -0.25) is 0 Å². The quantitative estimate of drug-likeness (QED) is 0.560. The van der Waals surface area contributed by atoms with Crippen molar-refractivity contribution in [1.82, 2.24) is 0 Å². The Kier molecular flexibility index (Phi) is 3.44. The van der Waals surface area contributed by atoms with E-state index in [2.05, 4.69) is 43.3 Å². The first-order valence-electron chi connectivity index (χ1n) is 5.24. The SMILES string of the molecule is Cc1ccc([Se]C2C=CCCC2)cc1. The molecule has 0 aromatic heterocycles. The molecular weight excluding hydrogens is 235 g/mol. The third-order valence-corrected chi connectivity index (χ3v) is 5.12. The van der Waals surface area contributed by atoms with E-state index in [-0.39, 0.29) is 0 Å². The minimum atomic E-state index is 0.643. The van der Waals surface area contributed by atoms with Crippen molar-refractivity contribution in [3.8, 4) is 0 Å². The number of aryl methyl sites for hydroxylation is 1. The van der Waals surface area contributed by atoms with E-state index < -0.39 is 0 Å². The summed E-state index contributed by atoms with van der Waals surface area (Å²) >= 11 is 0.643. The van der Waals surface area contributed by atoms with Crippen LogP contribution in [0.2, 0.25) is 4.82 Å². The van der Waals surface area contributed by atoms with E-state index in [9.17, 15) is 0 Å². The maximum absolute atomic E-state index is 2.42. The Balaban J connectivity index is 1.99. The Morgan fingerprint density at radius 1 is 1.21 bits per heavy atom. The molecule has 0 fully saturated rings. The molecule has 74 valence electrons. The van der Waals surface area contributed by atoms with Crippen LogP contribution in [-0.4, -0.2) is 15.0 Å². The first-order valence-corrected chi connectivity index (χ1v) is 7.09. The molecule has 0 aliphatic heterocycles. The maximum atomic E-state index is 2.42. The second kappa shape index (κ2) is 4.82. The summed E-state index contributed by atoms with van der Waals surface area (Å²) in [6.45, 7) is 2.15. The molecule has 1 heteroatoms. The fourth-order valence-electron chi connectivity index (χ4n) is 1.67. The first-order chi connectivity index (χ1) is 6.84. The Hall–Kier alpha value is -0.521. The van der Waals surface area contributed by atoms with Gasteiger partial charge >= 0.3 is 92.4 Å². The van der Waals surface area contributed by atoms with Crippen molar-refractivity contribution in [2.24, 2.45) is 0 Å². The van der Waals surface area contributed by atoms with Gasteiger partial charge in [0.25, 0.3) is 0 Å². The topological polar surface area (TPSA) is 0 Å². The Labute approximate surface area is 92.6 Å². The third-order valence-electron chi connectivity index (χ3n) is 2.52. The van der Waals surface area contributed by atoms with Crippen LogP contribution >= 0.6 is 0 Å². The fraction of sp³-hybridized carbons (Fsp3) is 0.385. The van der Waals surface area contributed by atoms with Gasteiger partial charge < -0.3 is 0 Å². The molecule has 0 saturated heterocycles. The molecule has 1 unspecified atom stereocenters. The second-order valence-corrected chi connectivity index (χ2v) is 6.58. The number of allylic oxidation sites excluding steroid dienone is 2. The van der Waals surface area contributed by atoms with E-state index in [1.54, 1.807) is 4.46 Å². The van der Waals surface area contributed by atoms with Crippen molar-refractivity contribution >= 4 is 19.4 Å². The Bertz CT molecular complexity index is 311. The zero-order valence-electron chi connectivity index (χ0n) is 8.57. The summed E-state index contributed by atoms with van der Waals surface area (Å²) in [7, 11) is 0. The van der Waals surface area contributed by atoms with E-state index in [1.165, 1.54) is 24.8 Å². The molecule has 14 heavy (non-hydrogen) atoms. The molecule has 0 heterocycles. The van der Waals surface area contributed by atoms with Gasteiger partial charge in [0.05, 0.1) is 0 Å². The molecule has 1 aromatic rings. The zero-order valence-corrected chi connectivity index (χ0v) is 10.3. The predicted octanol–water partition coefficient (Wildman–Crippen LogP) is 2.85. The van der Waals surface area contributed by atoms with Gasteiger partial charge in [0, 0.05) is 0 Å². The summed E-state index contributed by atoms with van der Waals surface area (Å²) in [6, 6.07) is 9.03. The van der Waals surface area contributed by atoms with Gasteiger partial charge in [-0.25, -0.2) is 0 Å². The molecule has 0 nitrogen and oxygen atoms in total. The number of hydrogen-bond donors (Lipinski definition) is 0. The van der Waals surface area contributed by atoms with Crippen molar-refractivity contribution < 1.29 is 0 Å². The molecule has 2 rings (SSSR count). The van der Waals surface area contributed by atoms with Gasteiger partial charge in [-0.1, -0.05) is 0 Å². The Morgan fingerprint density at radius 3 is 2.64 bits per heavy atom. The molecule has 1 aromatic carbocycles. The molecule has 0 spiro atoms. The minimum absolute atomic E-state index is 0.643. The summed E-state index contributed by atoms with van der Waals surface area (Å²) in [5.41, 5.74) is 1.36. The predicted molar refractivity (Wildman–Crippen MR) is 63.3 cm³/mol. The van der Waals surface area contributed by atoms with Crippen molar-refractivity contribution in [1.29, 1.82) is 0 Å². The first kappa shape index (κ1) is 10.0. The van der Waals surface area contributed by atoms with Crippen LogP contribution in [0, 0.1) is 6.92 Å². The van der Waals surface area contributed by atoms with Crippen LogP contribution < -0.4 is 4.46 Å².